The lowest BCUT2D eigenvalue weighted by atomic mass is 10.0. The van der Waals surface area contributed by atoms with Crippen LogP contribution in [-0.4, -0.2) is 45.5 Å². The maximum atomic E-state index is 12.7. The molecule has 12 heteroatoms. The second kappa shape index (κ2) is 8.67. The van der Waals surface area contributed by atoms with Gasteiger partial charge in [-0.15, -0.1) is 0 Å². The summed E-state index contributed by atoms with van der Waals surface area (Å²) in [7, 11) is 1.86. The molecule has 0 aliphatic carbocycles. The number of carbonyl (C=O) groups is 1. The van der Waals surface area contributed by atoms with Crippen LogP contribution in [0, 0.1) is 0 Å². The molecule has 3 aromatic rings. The maximum absolute atomic E-state index is 12.7. The van der Waals surface area contributed by atoms with E-state index in [9.17, 15) is 18.0 Å². The lowest BCUT2D eigenvalue weighted by Crippen LogP contribution is -2.53. The monoisotopic (exact) mass is 485 g/mol. The van der Waals surface area contributed by atoms with Gasteiger partial charge in [0.25, 0.3) is 0 Å². The first-order chi connectivity index (χ1) is 16.7. The Morgan fingerprint density at radius 1 is 1.14 bits per heavy atom. The van der Waals surface area contributed by atoms with Crippen molar-refractivity contribution in [1.82, 2.24) is 19.9 Å². The zero-order chi connectivity index (χ0) is 24.7. The van der Waals surface area contributed by atoms with Crippen LogP contribution in [0.2, 0.25) is 0 Å². The summed E-state index contributed by atoms with van der Waals surface area (Å²) in [5.41, 5.74) is 1.49. The second-order valence-corrected chi connectivity index (χ2v) is 8.38. The van der Waals surface area contributed by atoms with E-state index in [1.54, 1.807) is 23.2 Å². The summed E-state index contributed by atoms with van der Waals surface area (Å²) < 4.78 is 43.4. The molecule has 0 aromatic carbocycles. The first kappa shape index (κ1) is 22.8. The first-order valence-corrected chi connectivity index (χ1v) is 11.1. The average Bonchev–Trinajstić information content (AvgIpc) is 2.85. The molecule has 5 rings (SSSR count). The molecule has 35 heavy (non-hydrogen) atoms. The van der Waals surface area contributed by atoms with Crippen molar-refractivity contribution in [3.63, 3.8) is 0 Å². The fraction of sp³-hybridized carbons (Fsp3) is 0.348. The zero-order valence-electron chi connectivity index (χ0n) is 19.0. The number of alkyl halides is 3. The number of ether oxygens (including phenoxy) is 1. The largest absolute Gasteiger partial charge is 0.437 e. The Kier molecular flexibility index (Phi) is 5.65. The lowest BCUT2D eigenvalue weighted by molar-refractivity contribution is -0.141. The van der Waals surface area contributed by atoms with E-state index >= 15 is 0 Å². The number of nitrogens with zero attached hydrogens (tertiary/aromatic N) is 6. The molecule has 5 heterocycles. The van der Waals surface area contributed by atoms with Crippen LogP contribution in [0.25, 0.3) is 0 Å². The van der Waals surface area contributed by atoms with Crippen LogP contribution in [0.3, 0.4) is 0 Å². The first-order valence-electron chi connectivity index (χ1n) is 11.1. The van der Waals surface area contributed by atoms with Gasteiger partial charge >= 0.3 is 6.18 Å². The lowest BCUT2D eigenvalue weighted by Gasteiger charge is -2.41. The molecular formula is C23H22F3N7O2. The predicted molar refractivity (Wildman–Crippen MR) is 121 cm³/mol. The van der Waals surface area contributed by atoms with Gasteiger partial charge in [0.2, 0.25) is 17.7 Å². The Bertz CT molecular complexity index is 1250. The summed E-state index contributed by atoms with van der Waals surface area (Å²) in [5.74, 6) is 1.64. The van der Waals surface area contributed by atoms with Crippen LogP contribution < -0.4 is 19.9 Å². The molecule has 0 radical (unpaired) electrons. The van der Waals surface area contributed by atoms with Gasteiger partial charge in [0, 0.05) is 32.4 Å². The van der Waals surface area contributed by atoms with Crippen molar-refractivity contribution in [2.24, 2.45) is 0 Å². The number of carbonyl (C=O) groups excluding carboxylic acids is 1. The van der Waals surface area contributed by atoms with Crippen LogP contribution in [0.1, 0.15) is 30.3 Å². The van der Waals surface area contributed by atoms with Gasteiger partial charge in [0.05, 0.1) is 11.9 Å². The maximum Gasteiger partial charge on any atom is 0.433 e. The minimum Gasteiger partial charge on any atom is -0.437 e. The standard InChI is InChI=1S/C23H22F3N7O2/c1-13-21(34)33-9-3-4-16-19(33)20(32(13)2)31-22(30-16)29-11-14-5-8-18(28-10-14)35-15-6-7-17(27-12-15)23(24,25)26/h5-8,10,12-13H,3-4,9,11H2,1-2H3,(H,29,30,31). The highest BCUT2D eigenvalue weighted by Crippen LogP contribution is 2.39. The van der Waals surface area contributed by atoms with E-state index in [0.717, 1.165) is 47.9 Å². The number of aryl methyl sites for hydroxylation is 1. The van der Waals surface area contributed by atoms with E-state index in [1.165, 1.54) is 6.07 Å². The van der Waals surface area contributed by atoms with Crippen LogP contribution in [0.5, 0.6) is 11.6 Å². The van der Waals surface area contributed by atoms with Gasteiger partial charge in [0.1, 0.15) is 23.2 Å². The van der Waals surface area contributed by atoms with Gasteiger partial charge < -0.3 is 19.9 Å². The molecule has 182 valence electrons. The summed E-state index contributed by atoms with van der Waals surface area (Å²) in [4.78, 5) is 33.2. The Hall–Kier alpha value is -3.96. The van der Waals surface area contributed by atoms with E-state index in [1.807, 2.05) is 18.9 Å². The van der Waals surface area contributed by atoms with Crippen LogP contribution in [0.15, 0.2) is 36.7 Å². The summed E-state index contributed by atoms with van der Waals surface area (Å²) >= 11 is 0. The van der Waals surface area contributed by atoms with E-state index in [-0.39, 0.29) is 23.6 Å². The van der Waals surface area contributed by atoms with E-state index < -0.39 is 11.9 Å². The minimum atomic E-state index is -4.50. The highest BCUT2D eigenvalue weighted by atomic mass is 19.4. The number of halogens is 3. The summed E-state index contributed by atoms with van der Waals surface area (Å²) in [6, 6.07) is 5.15. The van der Waals surface area contributed by atoms with Gasteiger partial charge in [-0.1, -0.05) is 6.07 Å². The third-order valence-electron chi connectivity index (χ3n) is 6.04. The third kappa shape index (κ3) is 4.43. The van der Waals surface area contributed by atoms with Gasteiger partial charge in [-0.25, -0.2) is 15.0 Å². The number of amides is 1. The molecular weight excluding hydrogens is 463 g/mol. The molecule has 1 N–H and O–H groups in total. The number of pyridine rings is 2. The molecule has 2 aliphatic heterocycles. The van der Waals surface area contributed by atoms with Crippen LogP contribution >= 0.6 is 0 Å². The van der Waals surface area contributed by atoms with Gasteiger partial charge in [-0.05, 0) is 37.5 Å². The molecule has 1 atom stereocenters. The van der Waals surface area contributed by atoms with E-state index in [4.69, 9.17) is 4.74 Å². The van der Waals surface area contributed by atoms with Crippen molar-refractivity contribution in [3.05, 3.63) is 53.6 Å². The average molecular weight is 485 g/mol. The number of aromatic nitrogens is 4. The summed E-state index contributed by atoms with van der Waals surface area (Å²) in [6.45, 7) is 2.94. The van der Waals surface area contributed by atoms with Crippen LogP contribution in [0.4, 0.5) is 30.6 Å². The number of rotatable bonds is 5. The van der Waals surface area contributed by atoms with Crippen molar-refractivity contribution in [1.29, 1.82) is 0 Å². The van der Waals surface area contributed by atoms with Crippen molar-refractivity contribution < 1.29 is 22.7 Å². The highest BCUT2D eigenvalue weighted by molar-refractivity contribution is 6.05. The smallest absolute Gasteiger partial charge is 0.433 e. The number of nitrogens with one attached hydrogen (secondary N) is 1. The molecule has 3 aromatic heterocycles. The SMILES string of the molecule is CC1C(=O)N2CCCc3nc(NCc4ccc(Oc5ccc(C(F)(F)F)nc5)nc4)nc(c32)N1C. The third-order valence-corrected chi connectivity index (χ3v) is 6.04. The van der Waals surface area contributed by atoms with Crippen molar-refractivity contribution >= 4 is 23.4 Å². The Labute approximate surface area is 199 Å². The van der Waals surface area contributed by atoms with Crippen molar-refractivity contribution in [2.75, 3.05) is 28.7 Å². The topological polar surface area (TPSA) is 96.4 Å². The van der Waals surface area contributed by atoms with Gasteiger partial charge in [-0.3, -0.25) is 4.79 Å². The Morgan fingerprint density at radius 3 is 2.66 bits per heavy atom. The molecule has 1 unspecified atom stereocenters. The van der Waals surface area contributed by atoms with Crippen molar-refractivity contribution in [2.45, 2.75) is 38.5 Å². The van der Waals surface area contributed by atoms with Crippen LogP contribution in [-0.2, 0) is 23.9 Å². The molecule has 1 amide bonds. The number of hydrogen-bond acceptors (Lipinski definition) is 8. The quantitative estimate of drug-likeness (QED) is 0.583. The second-order valence-electron chi connectivity index (χ2n) is 8.38. The predicted octanol–water partition coefficient (Wildman–Crippen LogP) is 3.81. The minimum absolute atomic E-state index is 0.0609. The van der Waals surface area contributed by atoms with Crippen molar-refractivity contribution in [3.8, 4) is 11.6 Å². The Balaban J connectivity index is 1.26. The molecule has 9 nitrogen and oxygen atoms in total. The summed E-state index contributed by atoms with van der Waals surface area (Å²) in [5, 5.41) is 3.21. The fourth-order valence-corrected chi connectivity index (χ4v) is 4.06. The molecule has 0 spiro atoms. The number of likely N-dealkylation sites (N-methyl/N-ethyl adjacent to an activating group) is 1. The molecule has 0 saturated heterocycles. The summed E-state index contributed by atoms with van der Waals surface area (Å²) in [6.07, 6.45) is -0.276. The molecule has 0 fully saturated rings. The fourth-order valence-electron chi connectivity index (χ4n) is 4.06. The number of anilines is 3. The number of hydrogen-bond donors (Lipinski definition) is 1. The van der Waals surface area contributed by atoms with E-state index in [0.29, 0.717) is 19.0 Å². The zero-order valence-corrected chi connectivity index (χ0v) is 19.0. The Morgan fingerprint density at radius 2 is 1.97 bits per heavy atom. The van der Waals surface area contributed by atoms with Gasteiger partial charge in [0.15, 0.2) is 5.82 Å². The van der Waals surface area contributed by atoms with Gasteiger partial charge in [-0.2, -0.15) is 18.2 Å². The molecule has 0 bridgehead atoms. The normalized spacial score (nSPS) is 17.3. The van der Waals surface area contributed by atoms with E-state index in [2.05, 4.69) is 25.3 Å². The molecule has 2 aliphatic rings. The highest BCUT2D eigenvalue weighted by Gasteiger charge is 2.38. The molecule has 0 saturated carbocycles.